The van der Waals surface area contributed by atoms with Gasteiger partial charge < -0.3 is 15.5 Å². The molecule has 0 aromatic carbocycles. The Morgan fingerprint density at radius 2 is 0.776 bits per heavy atom. The van der Waals surface area contributed by atoms with Gasteiger partial charge in [0.15, 0.2) is 0 Å². The highest BCUT2D eigenvalue weighted by Gasteiger charge is 2.17. The van der Waals surface area contributed by atoms with Gasteiger partial charge in [-0.1, -0.05) is 227 Å². The Morgan fingerprint density at radius 1 is 0.431 bits per heavy atom. The minimum atomic E-state index is -0.900. The number of nitrogens with one attached hydrogen (secondary N) is 1. The van der Waals surface area contributed by atoms with Gasteiger partial charge in [0.2, 0.25) is 5.91 Å². The second kappa shape index (κ2) is 48.7. The van der Waals surface area contributed by atoms with E-state index in [1.807, 2.05) is 6.08 Å². The molecule has 0 aromatic heterocycles. The van der Waals surface area contributed by atoms with Gasteiger partial charge in [-0.05, 0) is 83.5 Å². The van der Waals surface area contributed by atoms with E-state index in [-0.39, 0.29) is 12.5 Å². The number of carbonyl (C=O) groups is 1. The summed E-state index contributed by atoms with van der Waals surface area (Å²) in [6.07, 6.45) is 72.7. The molecule has 0 aliphatic rings. The molecule has 3 N–H and O–H groups in total. The smallest absolute Gasteiger partial charge is 0.220 e. The molecule has 4 heteroatoms. The molecule has 0 bridgehead atoms. The molecule has 1 amide bonds. The van der Waals surface area contributed by atoms with Crippen LogP contribution in [0.3, 0.4) is 0 Å². The van der Waals surface area contributed by atoms with Crippen LogP contribution in [-0.4, -0.2) is 34.9 Å². The van der Waals surface area contributed by atoms with E-state index in [0.29, 0.717) is 6.42 Å². The summed E-state index contributed by atoms with van der Waals surface area (Å²) in [5.74, 6) is -0.138. The van der Waals surface area contributed by atoms with Crippen LogP contribution in [0.5, 0.6) is 0 Å². The van der Waals surface area contributed by atoms with Crippen molar-refractivity contribution < 1.29 is 15.0 Å². The van der Waals surface area contributed by atoms with Gasteiger partial charge in [-0.15, -0.1) is 0 Å². The van der Waals surface area contributed by atoms with Gasteiger partial charge >= 0.3 is 0 Å². The van der Waals surface area contributed by atoms with E-state index in [0.717, 1.165) is 70.6 Å². The van der Waals surface area contributed by atoms with Crippen molar-refractivity contribution in [2.45, 2.75) is 231 Å². The molecular weight excluding hydrogens is 711 g/mol. The van der Waals surface area contributed by atoms with Crippen LogP contribution in [0.4, 0.5) is 0 Å². The number of aliphatic hydroxyl groups excluding tert-OH is 2. The summed E-state index contributed by atoms with van der Waals surface area (Å²) in [4.78, 5) is 12.4. The lowest BCUT2D eigenvalue weighted by Crippen LogP contribution is -2.45. The number of aliphatic hydroxyl groups is 2. The zero-order valence-electron chi connectivity index (χ0n) is 38.0. The van der Waals surface area contributed by atoms with Gasteiger partial charge in [0.25, 0.3) is 0 Å². The van der Waals surface area contributed by atoms with Crippen LogP contribution in [0, 0.1) is 0 Å². The van der Waals surface area contributed by atoms with Crippen LogP contribution in [0.1, 0.15) is 219 Å². The summed E-state index contributed by atoms with van der Waals surface area (Å²) in [6, 6.07) is -0.682. The highest BCUT2D eigenvalue weighted by molar-refractivity contribution is 5.76. The molecule has 0 spiro atoms. The summed E-state index contributed by atoms with van der Waals surface area (Å²) < 4.78 is 0. The van der Waals surface area contributed by atoms with E-state index in [4.69, 9.17) is 0 Å². The molecule has 0 fully saturated rings. The first kappa shape index (κ1) is 55.3. The second-order valence-corrected chi connectivity index (χ2v) is 16.1. The first-order chi connectivity index (χ1) is 28.7. The number of carbonyl (C=O) groups excluding carboxylic acids is 1. The number of hydrogen-bond donors (Lipinski definition) is 3. The molecular formula is C54H93NO3. The van der Waals surface area contributed by atoms with Crippen molar-refractivity contribution in [3.05, 3.63) is 97.2 Å². The molecule has 0 aliphatic heterocycles. The molecule has 58 heavy (non-hydrogen) atoms. The van der Waals surface area contributed by atoms with E-state index >= 15 is 0 Å². The molecule has 0 aliphatic carbocycles. The average Bonchev–Trinajstić information content (AvgIpc) is 3.23. The molecule has 0 saturated heterocycles. The van der Waals surface area contributed by atoms with E-state index in [9.17, 15) is 15.0 Å². The van der Waals surface area contributed by atoms with E-state index in [1.165, 1.54) is 128 Å². The number of rotatable bonds is 43. The standard InChI is InChI=1S/C54H93NO3/c1-3-5-7-9-11-13-15-17-19-21-22-23-24-25-26-27-28-29-30-31-32-34-35-37-39-41-43-45-47-49-53(57)52(51-56)55-54(58)50-48-46-44-42-40-38-36-33-20-18-16-14-12-10-8-6-4-2/h6,8,12,14,18,20,32,34,36,38-39,41-42,44,47,49,52-53,56-57H,3-5,7,9-11,13,15-17,19,21-31,33,35,37,40,43,45-46,48,50-51H2,1-2H3,(H,55,58)/b8-6-,14-12-,20-18-,34-32+,38-36-,41-39+,44-42-,49-47+. The maximum atomic E-state index is 12.4. The van der Waals surface area contributed by atoms with Crippen LogP contribution in [0.25, 0.3) is 0 Å². The van der Waals surface area contributed by atoms with Crippen LogP contribution in [0.2, 0.25) is 0 Å². The fourth-order valence-corrected chi connectivity index (χ4v) is 6.83. The van der Waals surface area contributed by atoms with Crippen LogP contribution in [-0.2, 0) is 4.79 Å². The summed E-state index contributed by atoms with van der Waals surface area (Å²) in [5.41, 5.74) is 0. The number of hydrogen-bond acceptors (Lipinski definition) is 3. The van der Waals surface area contributed by atoms with E-state index in [2.05, 4.69) is 104 Å². The van der Waals surface area contributed by atoms with Gasteiger partial charge in [-0.25, -0.2) is 0 Å². The van der Waals surface area contributed by atoms with E-state index < -0.39 is 12.1 Å². The lowest BCUT2D eigenvalue weighted by Gasteiger charge is -2.19. The fraction of sp³-hybridized carbons (Fsp3) is 0.685. The van der Waals surface area contributed by atoms with Crippen molar-refractivity contribution in [1.82, 2.24) is 5.32 Å². The van der Waals surface area contributed by atoms with Crippen LogP contribution < -0.4 is 5.32 Å². The Hall–Kier alpha value is -2.69. The Kier molecular flexibility index (Phi) is 46.4. The molecule has 0 aromatic rings. The SMILES string of the molecule is CC/C=C\C/C=C\C/C=C\C/C=C\C/C=C\CCCC(=O)NC(CO)C(O)/C=C/CC/C=C/CC/C=C/CCCCCCCCCCCCCCCCCCCCC. The largest absolute Gasteiger partial charge is 0.394 e. The van der Waals surface area contributed by atoms with Crippen molar-refractivity contribution in [2.75, 3.05) is 6.61 Å². The average molecular weight is 804 g/mol. The van der Waals surface area contributed by atoms with Crippen LogP contribution >= 0.6 is 0 Å². The minimum absolute atomic E-state index is 0.138. The first-order valence-electron chi connectivity index (χ1n) is 24.5. The van der Waals surface area contributed by atoms with Crippen molar-refractivity contribution in [3.63, 3.8) is 0 Å². The van der Waals surface area contributed by atoms with Gasteiger partial charge in [-0.2, -0.15) is 0 Å². The summed E-state index contributed by atoms with van der Waals surface area (Å²) in [5, 5.41) is 23.0. The molecule has 0 heterocycles. The Balaban J connectivity index is 3.67. The zero-order chi connectivity index (χ0) is 42.1. The number of allylic oxidation sites excluding steroid dienone is 15. The van der Waals surface area contributed by atoms with Crippen molar-refractivity contribution in [3.8, 4) is 0 Å². The minimum Gasteiger partial charge on any atom is -0.394 e. The predicted molar refractivity (Wildman–Crippen MR) is 257 cm³/mol. The molecule has 2 unspecified atom stereocenters. The lowest BCUT2D eigenvalue weighted by molar-refractivity contribution is -0.122. The van der Waals surface area contributed by atoms with Gasteiger partial charge in [0.1, 0.15) is 0 Å². The third kappa shape index (κ3) is 44.4. The normalized spacial score (nSPS) is 13.8. The lowest BCUT2D eigenvalue weighted by atomic mass is 10.0. The molecule has 0 rings (SSSR count). The van der Waals surface area contributed by atoms with Gasteiger partial charge in [0, 0.05) is 6.42 Å². The number of amides is 1. The Morgan fingerprint density at radius 3 is 1.21 bits per heavy atom. The summed E-state index contributed by atoms with van der Waals surface area (Å²) >= 11 is 0. The number of unbranched alkanes of at least 4 members (excludes halogenated alkanes) is 22. The maximum Gasteiger partial charge on any atom is 0.220 e. The second-order valence-electron chi connectivity index (χ2n) is 16.1. The third-order valence-electron chi connectivity index (χ3n) is 10.5. The highest BCUT2D eigenvalue weighted by atomic mass is 16.3. The zero-order valence-corrected chi connectivity index (χ0v) is 38.0. The van der Waals surface area contributed by atoms with Crippen molar-refractivity contribution in [1.29, 1.82) is 0 Å². The Bertz CT molecular complexity index is 1090. The molecule has 4 nitrogen and oxygen atoms in total. The fourth-order valence-electron chi connectivity index (χ4n) is 6.83. The molecule has 2 atom stereocenters. The summed E-state index contributed by atoms with van der Waals surface area (Å²) in [6.45, 7) is 4.15. The predicted octanol–water partition coefficient (Wildman–Crippen LogP) is 15.8. The first-order valence-corrected chi connectivity index (χ1v) is 24.5. The van der Waals surface area contributed by atoms with Crippen LogP contribution in [0.15, 0.2) is 97.2 Å². The maximum absolute atomic E-state index is 12.4. The molecule has 0 radical (unpaired) electrons. The quantitative estimate of drug-likeness (QED) is 0.0425. The molecule has 0 saturated carbocycles. The van der Waals surface area contributed by atoms with Crippen molar-refractivity contribution in [2.24, 2.45) is 0 Å². The molecule has 332 valence electrons. The van der Waals surface area contributed by atoms with E-state index in [1.54, 1.807) is 6.08 Å². The highest BCUT2D eigenvalue weighted by Crippen LogP contribution is 2.15. The summed E-state index contributed by atoms with van der Waals surface area (Å²) in [7, 11) is 0. The van der Waals surface area contributed by atoms with Crippen molar-refractivity contribution >= 4 is 5.91 Å². The van der Waals surface area contributed by atoms with Gasteiger partial charge in [0.05, 0.1) is 18.8 Å². The van der Waals surface area contributed by atoms with Gasteiger partial charge in [-0.3, -0.25) is 4.79 Å². The third-order valence-corrected chi connectivity index (χ3v) is 10.5. The topological polar surface area (TPSA) is 69.6 Å². The Labute approximate surface area is 360 Å². The monoisotopic (exact) mass is 804 g/mol.